The Morgan fingerprint density at radius 3 is 1.94 bits per heavy atom. The number of nitrogens with one attached hydrogen (secondary N) is 2. The van der Waals surface area contributed by atoms with E-state index in [1.165, 1.54) is 0 Å². The lowest BCUT2D eigenvalue weighted by atomic mass is 9.76. The van der Waals surface area contributed by atoms with Crippen molar-refractivity contribution in [2.24, 2.45) is 0 Å². The molecular formula is C40H46BClN6O3. The minimum absolute atomic E-state index is 0.0377. The molecule has 2 heterocycles. The van der Waals surface area contributed by atoms with Crippen molar-refractivity contribution < 1.29 is 14.1 Å². The molecule has 0 saturated carbocycles. The van der Waals surface area contributed by atoms with Crippen LogP contribution in [0.15, 0.2) is 115 Å². The van der Waals surface area contributed by atoms with Gasteiger partial charge in [-0.05, 0) is 85.2 Å². The molecule has 0 aliphatic carbocycles. The van der Waals surface area contributed by atoms with Crippen molar-refractivity contribution in [3.8, 4) is 0 Å². The summed E-state index contributed by atoms with van der Waals surface area (Å²) in [5.74, 6) is 0.374. The number of halogens is 1. The first-order valence-corrected chi connectivity index (χ1v) is 18.0. The maximum atomic E-state index is 13.3. The fourth-order valence-corrected chi connectivity index (χ4v) is 6.91. The molecule has 1 atom stereocenters. The van der Waals surface area contributed by atoms with Crippen LogP contribution in [0.3, 0.4) is 0 Å². The topological polar surface area (TPSA) is 103 Å². The number of hydrogen-bond donors (Lipinski definition) is 2. The van der Waals surface area contributed by atoms with Gasteiger partial charge in [0.05, 0.1) is 22.8 Å². The van der Waals surface area contributed by atoms with Gasteiger partial charge < -0.3 is 14.6 Å². The third-order valence-corrected chi connectivity index (χ3v) is 10.3. The van der Waals surface area contributed by atoms with Gasteiger partial charge >= 0.3 is 7.12 Å². The molecule has 0 radical (unpaired) electrons. The molecule has 1 fully saturated rings. The van der Waals surface area contributed by atoms with Crippen molar-refractivity contribution in [3.63, 3.8) is 0 Å². The largest absolute Gasteiger partial charge is 0.457 e. The average molecular weight is 705 g/mol. The predicted octanol–water partition coefficient (Wildman–Crippen LogP) is 7.53. The standard InChI is InChI=1S/C40H46BClN6O3/c1-38(2)39(3,4)51-41(50-38)26-15-14-25-35(37-45-46-47-48(37)29-36(49)43-28-30-17-16-24-34(42)27-30)44-40(31-18-8-5-9-19-31,32-20-10-6-11-21-32)33-22-12-7-13-23-33/h5-13,16-24,27,35,44H,14-15,25-26,28-29H2,1-4H3,(H,43,49). The zero-order valence-corrected chi connectivity index (χ0v) is 30.5. The Morgan fingerprint density at radius 1 is 0.824 bits per heavy atom. The average Bonchev–Trinajstić information content (AvgIpc) is 3.67. The summed E-state index contributed by atoms with van der Waals surface area (Å²) in [4.78, 5) is 13.3. The second kappa shape index (κ2) is 15.9. The summed E-state index contributed by atoms with van der Waals surface area (Å²) in [5.41, 5.74) is 2.60. The lowest BCUT2D eigenvalue weighted by Gasteiger charge is -2.40. The highest BCUT2D eigenvalue weighted by atomic mass is 35.5. The van der Waals surface area contributed by atoms with Gasteiger partial charge in [-0.1, -0.05) is 128 Å². The van der Waals surface area contributed by atoms with Crippen LogP contribution in [0.2, 0.25) is 11.3 Å². The lowest BCUT2D eigenvalue weighted by Crippen LogP contribution is -2.47. The number of benzene rings is 4. The second-order valence-electron chi connectivity index (χ2n) is 14.1. The Bertz CT molecular complexity index is 1760. The maximum Gasteiger partial charge on any atom is 0.457 e. The molecule has 2 N–H and O–H groups in total. The highest BCUT2D eigenvalue weighted by Crippen LogP contribution is 2.41. The van der Waals surface area contributed by atoms with E-state index < -0.39 is 5.54 Å². The van der Waals surface area contributed by atoms with E-state index in [4.69, 9.17) is 20.9 Å². The van der Waals surface area contributed by atoms with Gasteiger partial charge in [-0.25, -0.2) is 4.68 Å². The molecule has 0 bridgehead atoms. The normalized spacial score (nSPS) is 15.8. The van der Waals surface area contributed by atoms with Crippen LogP contribution in [0.4, 0.5) is 0 Å². The van der Waals surface area contributed by atoms with Crippen molar-refractivity contribution in [1.29, 1.82) is 0 Å². The predicted molar refractivity (Wildman–Crippen MR) is 201 cm³/mol. The quantitative estimate of drug-likeness (QED) is 0.0660. The summed E-state index contributed by atoms with van der Waals surface area (Å²) in [6.07, 6.45) is 3.16. The number of tetrazole rings is 1. The van der Waals surface area contributed by atoms with Gasteiger partial charge in [-0.2, -0.15) is 0 Å². The Morgan fingerprint density at radius 2 is 1.39 bits per heavy atom. The summed E-state index contributed by atoms with van der Waals surface area (Å²) in [6, 6.07) is 38.4. The number of nitrogens with zero attached hydrogens (tertiary/aromatic N) is 4. The molecule has 9 nitrogen and oxygen atoms in total. The fraction of sp³-hybridized carbons (Fsp3) is 0.350. The second-order valence-corrected chi connectivity index (χ2v) is 14.6. The third kappa shape index (κ3) is 8.42. The molecule has 4 aromatic carbocycles. The number of aromatic nitrogens is 4. The molecule has 1 unspecified atom stereocenters. The van der Waals surface area contributed by atoms with E-state index in [2.05, 4.69) is 127 Å². The molecule has 51 heavy (non-hydrogen) atoms. The summed E-state index contributed by atoms with van der Waals surface area (Å²) in [7, 11) is -0.271. The number of carbonyl (C=O) groups is 1. The Balaban J connectivity index is 1.31. The van der Waals surface area contributed by atoms with Gasteiger partial charge in [0, 0.05) is 11.6 Å². The first-order chi connectivity index (χ1) is 24.6. The van der Waals surface area contributed by atoms with Crippen LogP contribution in [0, 0.1) is 0 Å². The van der Waals surface area contributed by atoms with Crippen LogP contribution in [0.25, 0.3) is 0 Å². The van der Waals surface area contributed by atoms with Crippen molar-refractivity contribution in [2.75, 3.05) is 0 Å². The number of carbonyl (C=O) groups excluding carboxylic acids is 1. The summed E-state index contributed by atoms with van der Waals surface area (Å²) in [6.45, 7) is 8.62. The first kappa shape index (κ1) is 36.4. The van der Waals surface area contributed by atoms with E-state index in [-0.39, 0.29) is 36.8 Å². The van der Waals surface area contributed by atoms with Crippen LogP contribution in [0.1, 0.15) is 81.1 Å². The Labute approximate surface area is 306 Å². The lowest BCUT2D eigenvalue weighted by molar-refractivity contribution is -0.122. The van der Waals surface area contributed by atoms with Crippen LogP contribution in [-0.2, 0) is 32.7 Å². The Hall–Kier alpha value is -4.35. The minimum Gasteiger partial charge on any atom is -0.403 e. The number of rotatable bonds is 15. The van der Waals surface area contributed by atoms with Crippen LogP contribution in [-0.4, -0.2) is 44.4 Å². The van der Waals surface area contributed by atoms with E-state index in [1.807, 2.05) is 42.5 Å². The molecule has 1 saturated heterocycles. The van der Waals surface area contributed by atoms with Crippen molar-refractivity contribution >= 4 is 24.6 Å². The van der Waals surface area contributed by atoms with Crippen LogP contribution >= 0.6 is 11.6 Å². The monoisotopic (exact) mass is 704 g/mol. The zero-order valence-electron chi connectivity index (χ0n) is 29.8. The van der Waals surface area contributed by atoms with Gasteiger partial charge in [0.1, 0.15) is 6.54 Å². The maximum absolute atomic E-state index is 13.3. The fourth-order valence-electron chi connectivity index (χ4n) is 6.70. The van der Waals surface area contributed by atoms with Gasteiger partial charge in [-0.15, -0.1) is 5.10 Å². The van der Waals surface area contributed by atoms with E-state index in [1.54, 1.807) is 4.68 Å². The molecular weight excluding hydrogens is 659 g/mol. The number of hydrogen-bond acceptors (Lipinski definition) is 7. The molecule has 1 aliphatic rings. The molecule has 5 aromatic rings. The van der Waals surface area contributed by atoms with Crippen molar-refractivity contribution in [2.45, 2.75) is 89.1 Å². The molecule has 0 spiro atoms. The Kier molecular flexibility index (Phi) is 11.4. The van der Waals surface area contributed by atoms with E-state index in [0.717, 1.165) is 41.4 Å². The summed E-state index contributed by atoms with van der Waals surface area (Å²) in [5, 5.41) is 20.6. The van der Waals surface area contributed by atoms with Gasteiger partial charge in [0.25, 0.3) is 0 Å². The highest BCUT2D eigenvalue weighted by molar-refractivity contribution is 6.45. The molecule has 264 valence electrons. The molecule has 1 aliphatic heterocycles. The SMILES string of the molecule is CC1(C)OB(CCCCC(NC(c2ccccc2)(c2ccccc2)c2ccccc2)c2nnnn2CC(=O)NCc2cccc(Cl)c2)OC1(C)C. The molecule has 6 rings (SSSR count). The first-order valence-electron chi connectivity index (χ1n) is 17.6. The van der Waals surface area contributed by atoms with E-state index in [9.17, 15) is 4.79 Å². The summed E-state index contributed by atoms with van der Waals surface area (Å²) < 4.78 is 14.2. The molecule has 1 amide bonds. The molecule has 1 aromatic heterocycles. The highest BCUT2D eigenvalue weighted by Gasteiger charge is 2.50. The van der Waals surface area contributed by atoms with Crippen LogP contribution in [0.5, 0.6) is 0 Å². The van der Waals surface area contributed by atoms with E-state index in [0.29, 0.717) is 23.8 Å². The van der Waals surface area contributed by atoms with E-state index >= 15 is 0 Å². The van der Waals surface area contributed by atoms with Crippen molar-refractivity contribution in [1.82, 2.24) is 30.8 Å². The van der Waals surface area contributed by atoms with Gasteiger partial charge in [0.15, 0.2) is 5.82 Å². The van der Waals surface area contributed by atoms with Gasteiger partial charge in [0.2, 0.25) is 5.91 Å². The third-order valence-electron chi connectivity index (χ3n) is 10.0. The molecule has 11 heteroatoms. The van der Waals surface area contributed by atoms with Crippen molar-refractivity contribution in [3.05, 3.63) is 148 Å². The smallest absolute Gasteiger partial charge is 0.403 e. The van der Waals surface area contributed by atoms with Gasteiger partial charge in [-0.3, -0.25) is 10.1 Å². The zero-order chi connectivity index (χ0) is 35.9. The van der Waals surface area contributed by atoms with Crippen LogP contribution < -0.4 is 10.6 Å². The number of amides is 1. The summed E-state index contributed by atoms with van der Waals surface area (Å²) >= 11 is 6.17. The number of unbranched alkanes of at least 4 members (excludes halogenated alkanes) is 1. The minimum atomic E-state index is -0.772.